The number of nitrogens with zero attached hydrogens (tertiary/aromatic N) is 1. The van der Waals surface area contributed by atoms with Crippen molar-refractivity contribution < 1.29 is 23.6 Å². The summed E-state index contributed by atoms with van der Waals surface area (Å²) in [5.74, 6) is -2.85. The van der Waals surface area contributed by atoms with Gasteiger partial charge in [0.2, 0.25) is 17.7 Å². The first-order valence-corrected chi connectivity index (χ1v) is 12.1. The number of primary amides is 2. The van der Waals surface area contributed by atoms with Gasteiger partial charge < -0.3 is 26.7 Å². The molecule has 9 nitrogen and oxygen atoms in total. The van der Waals surface area contributed by atoms with Crippen molar-refractivity contribution >= 4 is 50.5 Å². The smallest absolute Gasteiger partial charge is 0.265 e. The quantitative estimate of drug-likeness (QED) is 0.387. The van der Waals surface area contributed by atoms with Gasteiger partial charge in [-0.15, -0.1) is 0 Å². The minimum atomic E-state index is -1.05. The van der Waals surface area contributed by atoms with E-state index in [9.17, 15) is 23.6 Å². The highest BCUT2D eigenvalue weighted by Gasteiger charge is 2.36. The van der Waals surface area contributed by atoms with E-state index in [0.717, 1.165) is 19.3 Å². The number of nitrogens with two attached hydrogens (primary N) is 2. The molecule has 2 aliphatic rings. The topological polar surface area (TPSA) is 149 Å². The van der Waals surface area contributed by atoms with Crippen LogP contribution in [0.2, 0.25) is 0 Å². The van der Waals surface area contributed by atoms with Crippen LogP contribution in [0.15, 0.2) is 22.7 Å². The van der Waals surface area contributed by atoms with E-state index in [1.807, 2.05) is 0 Å². The third-order valence-electron chi connectivity index (χ3n) is 6.55. The zero-order chi connectivity index (χ0) is 24.6. The largest absolute Gasteiger partial charge is 0.368 e. The molecule has 4 rings (SSSR count). The molecule has 3 atom stereocenters. The van der Waals surface area contributed by atoms with Crippen LogP contribution in [0.25, 0.3) is 10.9 Å². The van der Waals surface area contributed by atoms with Gasteiger partial charge in [0, 0.05) is 22.3 Å². The summed E-state index contributed by atoms with van der Waals surface area (Å²) in [6, 6.07) is 2.04. The van der Waals surface area contributed by atoms with Crippen molar-refractivity contribution in [3.8, 4) is 0 Å². The Morgan fingerprint density at radius 1 is 1.18 bits per heavy atom. The lowest BCUT2D eigenvalue weighted by Crippen LogP contribution is -2.50. The number of piperidine rings is 1. The van der Waals surface area contributed by atoms with Crippen molar-refractivity contribution in [3.63, 3.8) is 0 Å². The number of hydrogen-bond acceptors (Lipinski definition) is 4. The fraction of sp³-hybridized carbons (Fsp3) is 0.478. The minimum Gasteiger partial charge on any atom is -0.368 e. The van der Waals surface area contributed by atoms with Crippen molar-refractivity contribution in [2.24, 2.45) is 23.3 Å². The Balaban J connectivity index is 1.69. The predicted octanol–water partition coefficient (Wildman–Crippen LogP) is 1.87. The number of benzene rings is 1. The molecular weight excluding hydrogens is 509 g/mol. The third kappa shape index (κ3) is 5.08. The maximum Gasteiger partial charge on any atom is 0.265 e. The molecule has 4 amide bonds. The second kappa shape index (κ2) is 9.73. The summed E-state index contributed by atoms with van der Waals surface area (Å²) < 4.78 is 15.9. The number of halogens is 2. The highest BCUT2D eigenvalue weighted by molar-refractivity contribution is 9.10. The first kappa shape index (κ1) is 24.2. The van der Waals surface area contributed by atoms with E-state index in [1.54, 1.807) is 0 Å². The molecular formula is C23H27BrFN5O4. The van der Waals surface area contributed by atoms with Crippen LogP contribution in [-0.4, -0.2) is 40.8 Å². The number of carbonyl (C=O) groups is 4. The van der Waals surface area contributed by atoms with E-state index in [0.29, 0.717) is 34.8 Å². The van der Waals surface area contributed by atoms with E-state index in [-0.39, 0.29) is 23.9 Å². The average molecular weight is 536 g/mol. The summed E-state index contributed by atoms with van der Waals surface area (Å²) in [4.78, 5) is 50.2. The van der Waals surface area contributed by atoms with E-state index < -0.39 is 41.5 Å². The number of amides is 4. The van der Waals surface area contributed by atoms with Crippen molar-refractivity contribution in [3.05, 3.63) is 34.2 Å². The molecule has 1 aromatic carbocycles. The molecule has 6 N–H and O–H groups in total. The van der Waals surface area contributed by atoms with Gasteiger partial charge in [-0.1, -0.05) is 12.8 Å². The van der Waals surface area contributed by atoms with Crippen LogP contribution in [0, 0.1) is 17.7 Å². The van der Waals surface area contributed by atoms with Gasteiger partial charge in [-0.3, -0.25) is 19.2 Å². The van der Waals surface area contributed by atoms with Gasteiger partial charge in [0.1, 0.15) is 23.6 Å². The van der Waals surface area contributed by atoms with Crippen LogP contribution in [0.4, 0.5) is 4.39 Å². The lowest BCUT2D eigenvalue weighted by Gasteiger charge is -2.28. The Labute approximate surface area is 203 Å². The van der Waals surface area contributed by atoms with Gasteiger partial charge >= 0.3 is 0 Å². The summed E-state index contributed by atoms with van der Waals surface area (Å²) in [6.45, 7) is 0.582. The fourth-order valence-corrected chi connectivity index (χ4v) is 5.30. The van der Waals surface area contributed by atoms with Gasteiger partial charge in [0.05, 0.1) is 5.52 Å². The van der Waals surface area contributed by atoms with E-state index in [2.05, 4.69) is 26.6 Å². The van der Waals surface area contributed by atoms with Crippen LogP contribution in [-0.2, 0) is 14.4 Å². The molecule has 2 aromatic rings. The van der Waals surface area contributed by atoms with Gasteiger partial charge in [-0.2, -0.15) is 0 Å². The number of aromatic nitrogens is 1. The Morgan fingerprint density at radius 2 is 1.91 bits per heavy atom. The molecule has 182 valence electrons. The average Bonchev–Trinajstić information content (AvgIpc) is 3.50. The predicted molar refractivity (Wildman–Crippen MR) is 126 cm³/mol. The molecule has 1 aromatic heterocycles. The van der Waals surface area contributed by atoms with Crippen molar-refractivity contribution in [2.75, 3.05) is 6.54 Å². The first-order chi connectivity index (χ1) is 16.2. The molecule has 1 aliphatic carbocycles. The molecule has 0 unspecified atom stereocenters. The molecule has 1 saturated carbocycles. The normalized spacial score (nSPS) is 19.9. The summed E-state index contributed by atoms with van der Waals surface area (Å²) >= 11 is 3.34. The Hall–Kier alpha value is -2.95. The van der Waals surface area contributed by atoms with Crippen molar-refractivity contribution in [1.82, 2.24) is 15.2 Å². The van der Waals surface area contributed by atoms with Gasteiger partial charge in [-0.05, 0) is 65.7 Å². The van der Waals surface area contributed by atoms with Crippen molar-refractivity contribution in [1.29, 1.82) is 0 Å². The molecule has 1 saturated heterocycles. The number of nitrogens with one attached hydrogen (secondary N) is 2. The van der Waals surface area contributed by atoms with Gasteiger partial charge in [0.25, 0.3) is 5.91 Å². The molecule has 2 heterocycles. The van der Waals surface area contributed by atoms with Crippen LogP contribution >= 0.6 is 15.9 Å². The molecule has 1 aliphatic heterocycles. The van der Waals surface area contributed by atoms with Crippen molar-refractivity contribution in [2.45, 2.75) is 50.6 Å². The molecule has 0 spiro atoms. The Morgan fingerprint density at radius 3 is 2.53 bits per heavy atom. The second-order valence-corrected chi connectivity index (χ2v) is 9.97. The second-order valence-electron chi connectivity index (χ2n) is 9.11. The molecule has 34 heavy (non-hydrogen) atoms. The fourth-order valence-electron chi connectivity index (χ4n) is 4.66. The Bertz CT molecular complexity index is 1160. The number of carbonyl (C=O) groups excluding carboxylic acids is 4. The molecule has 0 radical (unpaired) electrons. The van der Waals surface area contributed by atoms with E-state index in [1.165, 1.54) is 22.8 Å². The molecule has 2 fully saturated rings. The summed E-state index contributed by atoms with van der Waals surface area (Å²) in [5, 5.41) is 5.89. The number of fused-ring (bicyclic) bond motifs is 1. The van der Waals surface area contributed by atoms with Crippen LogP contribution in [0.5, 0.6) is 0 Å². The summed E-state index contributed by atoms with van der Waals surface area (Å²) in [6.07, 6.45) is 3.76. The van der Waals surface area contributed by atoms with Gasteiger partial charge in [0.15, 0.2) is 0 Å². The summed E-state index contributed by atoms with van der Waals surface area (Å²) in [7, 11) is 0. The number of rotatable bonds is 9. The standard InChI is InChI=1S/C23H27BrFN5O4/c24-15-10-14(25)7-13-9-17(21(27)32)30(19(13)15)18(6-11-3-4-11)23(34)29-16(20(26)31)8-12-2-1-5-28-22(12)33/h7,9-12,16,18H,1-6,8H2,(H2,26,31)(H2,27,32)(H,28,33)(H,29,34)/t12-,16-,18-/m0/s1. The number of hydrogen-bond donors (Lipinski definition) is 4. The highest BCUT2D eigenvalue weighted by atomic mass is 79.9. The third-order valence-corrected chi connectivity index (χ3v) is 7.15. The summed E-state index contributed by atoms with van der Waals surface area (Å²) in [5.41, 5.74) is 11.7. The van der Waals surface area contributed by atoms with Crippen LogP contribution in [0.3, 0.4) is 0 Å². The molecule has 0 bridgehead atoms. The van der Waals surface area contributed by atoms with Crippen LogP contribution < -0.4 is 22.1 Å². The maximum atomic E-state index is 14.0. The van der Waals surface area contributed by atoms with E-state index in [4.69, 9.17) is 11.5 Å². The van der Waals surface area contributed by atoms with E-state index >= 15 is 0 Å². The molecule has 11 heteroatoms. The Kier molecular flexibility index (Phi) is 6.92. The zero-order valence-corrected chi connectivity index (χ0v) is 20.1. The SMILES string of the molecule is NC(=O)c1cc2cc(F)cc(Br)c2n1[C@@H](CC1CC1)C(=O)N[C@@H](C[C@@H]1CCCNC1=O)C(N)=O. The van der Waals surface area contributed by atoms with Gasteiger partial charge in [-0.25, -0.2) is 4.39 Å². The first-order valence-electron chi connectivity index (χ1n) is 11.3. The lowest BCUT2D eigenvalue weighted by molar-refractivity contribution is -0.132. The highest BCUT2D eigenvalue weighted by Crippen LogP contribution is 2.40. The zero-order valence-electron chi connectivity index (χ0n) is 18.5. The monoisotopic (exact) mass is 535 g/mol. The minimum absolute atomic E-state index is 0.0596. The maximum absolute atomic E-state index is 14.0. The van der Waals surface area contributed by atoms with Crippen LogP contribution in [0.1, 0.15) is 55.1 Å². The lowest BCUT2D eigenvalue weighted by atomic mass is 9.91.